The SMILES string of the molecule is CNC(=O)C(C)N(Cc1cccc(OC)c1)C(=O)CN(c1cccc(C)c1)S(=O)(=O)c1ccc(Cl)cc1. The molecule has 1 unspecified atom stereocenters. The van der Waals surface area contributed by atoms with E-state index in [0.29, 0.717) is 16.5 Å². The van der Waals surface area contributed by atoms with Crippen LogP contribution >= 0.6 is 11.6 Å². The standard InChI is InChI=1S/C27H30ClN3O5S/c1-19-7-5-9-23(15-19)31(37(34,35)25-13-11-22(28)12-14-25)18-26(32)30(20(2)27(33)29-3)17-21-8-6-10-24(16-21)36-4/h5-16,20H,17-18H2,1-4H3,(H,29,33). The molecular weight excluding hydrogens is 514 g/mol. The molecule has 0 saturated carbocycles. The zero-order valence-electron chi connectivity index (χ0n) is 21.1. The van der Waals surface area contributed by atoms with E-state index >= 15 is 0 Å². The summed E-state index contributed by atoms with van der Waals surface area (Å²) < 4.78 is 33.8. The van der Waals surface area contributed by atoms with Gasteiger partial charge in [-0.05, 0) is 73.5 Å². The first-order valence-electron chi connectivity index (χ1n) is 11.6. The van der Waals surface area contributed by atoms with Crippen molar-refractivity contribution in [3.8, 4) is 5.75 Å². The van der Waals surface area contributed by atoms with Crippen LogP contribution in [0.15, 0.2) is 77.7 Å². The van der Waals surface area contributed by atoms with Gasteiger partial charge in [0.2, 0.25) is 11.8 Å². The molecule has 0 saturated heterocycles. The smallest absolute Gasteiger partial charge is 0.264 e. The summed E-state index contributed by atoms with van der Waals surface area (Å²) in [7, 11) is -1.12. The van der Waals surface area contributed by atoms with Gasteiger partial charge in [0.1, 0.15) is 18.3 Å². The number of nitrogens with zero attached hydrogens (tertiary/aromatic N) is 2. The Labute approximate surface area is 222 Å². The summed E-state index contributed by atoms with van der Waals surface area (Å²) in [5.41, 5.74) is 1.89. The third-order valence-electron chi connectivity index (χ3n) is 5.87. The zero-order chi connectivity index (χ0) is 27.2. The summed E-state index contributed by atoms with van der Waals surface area (Å²) in [6.45, 7) is 3.00. The Bertz CT molecular complexity index is 1360. The Hall–Kier alpha value is -3.56. The third-order valence-corrected chi connectivity index (χ3v) is 7.91. The highest BCUT2D eigenvalue weighted by molar-refractivity contribution is 7.92. The number of nitrogens with one attached hydrogen (secondary N) is 1. The van der Waals surface area contributed by atoms with Gasteiger partial charge in [0.15, 0.2) is 0 Å². The van der Waals surface area contributed by atoms with Gasteiger partial charge in [-0.15, -0.1) is 0 Å². The molecular formula is C27H30ClN3O5S. The van der Waals surface area contributed by atoms with Crippen molar-refractivity contribution in [2.75, 3.05) is 25.0 Å². The lowest BCUT2D eigenvalue weighted by Gasteiger charge is -2.32. The number of aryl methyl sites for hydroxylation is 1. The second-order valence-electron chi connectivity index (χ2n) is 8.47. The van der Waals surface area contributed by atoms with Crippen LogP contribution in [0.25, 0.3) is 0 Å². The number of carbonyl (C=O) groups excluding carboxylic acids is 2. The second-order valence-corrected chi connectivity index (χ2v) is 10.8. The Balaban J connectivity index is 2.03. The monoisotopic (exact) mass is 543 g/mol. The van der Waals surface area contributed by atoms with Crippen LogP contribution in [0.2, 0.25) is 5.02 Å². The molecule has 0 aliphatic carbocycles. The first-order chi connectivity index (χ1) is 17.6. The highest BCUT2D eigenvalue weighted by Crippen LogP contribution is 2.26. The van der Waals surface area contributed by atoms with E-state index in [0.717, 1.165) is 15.4 Å². The molecule has 0 spiro atoms. The molecule has 3 aromatic carbocycles. The number of methoxy groups -OCH3 is 1. The van der Waals surface area contributed by atoms with E-state index in [9.17, 15) is 18.0 Å². The number of benzene rings is 3. The average Bonchev–Trinajstić information content (AvgIpc) is 2.89. The van der Waals surface area contributed by atoms with Crippen LogP contribution in [-0.2, 0) is 26.2 Å². The van der Waals surface area contributed by atoms with Gasteiger partial charge in [-0.3, -0.25) is 13.9 Å². The van der Waals surface area contributed by atoms with Crippen molar-refractivity contribution >= 4 is 39.1 Å². The Morgan fingerprint density at radius 1 is 1.03 bits per heavy atom. The van der Waals surface area contributed by atoms with Crippen molar-refractivity contribution in [1.29, 1.82) is 0 Å². The molecule has 0 fully saturated rings. The number of halogens is 1. The van der Waals surface area contributed by atoms with Gasteiger partial charge < -0.3 is 15.0 Å². The molecule has 0 heterocycles. The maximum Gasteiger partial charge on any atom is 0.264 e. The predicted octanol–water partition coefficient (Wildman–Crippen LogP) is 4.02. The van der Waals surface area contributed by atoms with Gasteiger partial charge in [0.05, 0.1) is 17.7 Å². The van der Waals surface area contributed by atoms with E-state index in [4.69, 9.17) is 16.3 Å². The third kappa shape index (κ3) is 6.81. The van der Waals surface area contributed by atoms with Gasteiger partial charge >= 0.3 is 0 Å². The molecule has 0 aliphatic rings. The molecule has 0 aliphatic heterocycles. The summed E-state index contributed by atoms with van der Waals surface area (Å²) in [6.07, 6.45) is 0. The van der Waals surface area contributed by atoms with Crippen LogP contribution in [0, 0.1) is 6.92 Å². The lowest BCUT2D eigenvalue weighted by Crippen LogP contribution is -2.50. The summed E-state index contributed by atoms with van der Waals surface area (Å²) >= 11 is 5.97. The Kier molecular flexibility index (Phi) is 9.18. The van der Waals surface area contributed by atoms with Crippen molar-refractivity contribution in [2.24, 2.45) is 0 Å². The molecule has 3 aromatic rings. The fourth-order valence-corrected chi connectivity index (χ4v) is 5.34. The molecule has 0 aromatic heterocycles. The van der Waals surface area contributed by atoms with Gasteiger partial charge in [-0.2, -0.15) is 0 Å². The first-order valence-corrected chi connectivity index (χ1v) is 13.4. The quantitative estimate of drug-likeness (QED) is 0.417. The number of hydrogen-bond acceptors (Lipinski definition) is 5. The van der Waals surface area contributed by atoms with Crippen molar-refractivity contribution in [3.63, 3.8) is 0 Å². The van der Waals surface area contributed by atoms with Gasteiger partial charge in [-0.1, -0.05) is 35.9 Å². The van der Waals surface area contributed by atoms with E-state index in [-0.39, 0.29) is 17.3 Å². The van der Waals surface area contributed by atoms with Crippen molar-refractivity contribution < 1.29 is 22.7 Å². The normalized spacial score (nSPS) is 11.9. The zero-order valence-corrected chi connectivity index (χ0v) is 22.7. The fraction of sp³-hybridized carbons (Fsp3) is 0.259. The molecule has 0 radical (unpaired) electrons. The Morgan fingerprint density at radius 2 is 1.70 bits per heavy atom. The van der Waals surface area contributed by atoms with E-state index in [1.807, 2.05) is 19.1 Å². The van der Waals surface area contributed by atoms with Gasteiger partial charge in [-0.25, -0.2) is 8.42 Å². The van der Waals surface area contributed by atoms with Crippen LogP contribution in [0.4, 0.5) is 5.69 Å². The van der Waals surface area contributed by atoms with E-state index in [2.05, 4.69) is 5.32 Å². The molecule has 3 rings (SSSR count). The fourth-order valence-electron chi connectivity index (χ4n) is 3.80. The van der Waals surface area contributed by atoms with Crippen LogP contribution in [-0.4, -0.2) is 51.9 Å². The number of ether oxygens (including phenoxy) is 1. The van der Waals surface area contributed by atoms with Gasteiger partial charge in [0.25, 0.3) is 10.0 Å². The number of hydrogen-bond donors (Lipinski definition) is 1. The number of anilines is 1. The molecule has 0 bridgehead atoms. The molecule has 10 heteroatoms. The molecule has 196 valence electrons. The van der Waals surface area contributed by atoms with Crippen molar-refractivity contribution in [1.82, 2.24) is 10.2 Å². The highest BCUT2D eigenvalue weighted by atomic mass is 35.5. The topological polar surface area (TPSA) is 96.0 Å². The number of rotatable bonds is 10. The van der Waals surface area contributed by atoms with Crippen LogP contribution < -0.4 is 14.4 Å². The lowest BCUT2D eigenvalue weighted by molar-refractivity contribution is -0.139. The van der Waals surface area contributed by atoms with Gasteiger partial charge in [0, 0.05) is 18.6 Å². The minimum Gasteiger partial charge on any atom is -0.497 e. The molecule has 8 nitrogen and oxygen atoms in total. The summed E-state index contributed by atoms with van der Waals surface area (Å²) in [5.74, 6) is -0.318. The molecule has 37 heavy (non-hydrogen) atoms. The van der Waals surface area contributed by atoms with E-state index in [1.165, 1.54) is 43.3 Å². The molecule has 1 atom stereocenters. The van der Waals surface area contributed by atoms with Crippen molar-refractivity contribution in [3.05, 3.63) is 88.9 Å². The van der Waals surface area contributed by atoms with Crippen LogP contribution in [0.5, 0.6) is 5.75 Å². The Morgan fingerprint density at radius 3 is 2.32 bits per heavy atom. The maximum atomic E-state index is 13.8. The van der Waals surface area contributed by atoms with Crippen molar-refractivity contribution in [2.45, 2.75) is 31.3 Å². The minimum absolute atomic E-state index is 0.00935. The summed E-state index contributed by atoms with van der Waals surface area (Å²) in [5, 5.41) is 2.95. The highest BCUT2D eigenvalue weighted by Gasteiger charge is 2.32. The van der Waals surface area contributed by atoms with Crippen LogP contribution in [0.3, 0.4) is 0 Å². The number of sulfonamides is 1. The predicted molar refractivity (Wildman–Crippen MR) is 144 cm³/mol. The van der Waals surface area contributed by atoms with E-state index in [1.54, 1.807) is 43.3 Å². The van der Waals surface area contributed by atoms with Crippen LogP contribution in [0.1, 0.15) is 18.1 Å². The first kappa shape index (κ1) is 28.0. The minimum atomic E-state index is -4.14. The number of likely N-dealkylation sites (N-methyl/N-ethyl adjacent to an activating group) is 1. The summed E-state index contributed by atoms with van der Waals surface area (Å²) in [4.78, 5) is 27.6. The lowest BCUT2D eigenvalue weighted by atomic mass is 10.1. The average molecular weight is 544 g/mol. The molecule has 2 amide bonds. The van der Waals surface area contributed by atoms with E-state index < -0.39 is 28.5 Å². The molecule has 1 N–H and O–H groups in total. The summed E-state index contributed by atoms with van der Waals surface area (Å²) in [6, 6.07) is 18.9. The largest absolute Gasteiger partial charge is 0.497 e. The maximum absolute atomic E-state index is 13.8. The second kappa shape index (κ2) is 12.1. The number of carbonyl (C=O) groups is 2. The number of amides is 2.